The van der Waals surface area contributed by atoms with E-state index in [1.807, 2.05) is 36.4 Å². The minimum atomic E-state index is -0.530. The molecule has 0 amide bonds. The maximum atomic E-state index is 10.4. The van der Waals surface area contributed by atoms with Crippen molar-refractivity contribution in [1.29, 1.82) is 0 Å². The summed E-state index contributed by atoms with van der Waals surface area (Å²) in [6.07, 6.45) is -0.171. The molecule has 3 nitrogen and oxygen atoms in total. The first-order chi connectivity index (χ1) is 10.1. The van der Waals surface area contributed by atoms with Gasteiger partial charge >= 0.3 is 0 Å². The third-order valence-electron chi connectivity index (χ3n) is 3.59. The summed E-state index contributed by atoms with van der Waals surface area (Å²) >= 11 is 6.90. The number of ether oxygens (including phenoxy) is 2. The number of halogens is 2. The Kier molecular flexibility index (Phi) is 4.24. The molecule has 1 aliphatic rings. The first-order valence-corrected chi connectivity index (χ1v) is 8.14. The summed E-state index contributed by atoms with van der Waals surface area (Å²) in [5.41, 5.74) is 1.84. The molecule has 21 heavy (non-hydrogen) atoms. The second-order valence-corrected chi connectivity index (χ2v) is 6.70. The van der Waals surface area contributed by atoms with Crippen LogP contribution in [0.3, 0.4) is 0 Å². The maximum absolute atomic E-state index is 10.4. The molecule has 0 aromatic heterocycles. The Bertz CT molecular complexity index is 673. The van der Waals surface area contributed by atoms with Crippen LogP contribution in [0.2, 0.25) is 0 Å². The van der Waals surface area contributed by atoms with Gasteiger partial charge < -0.3 is 14.6 Å². The molecule has 2 aromatic carbocycles. The van der Waals surface area contributed by atoms with E-state index in [0.717, 1.165) is 31.6 Å². The van der Waals surface area contributed by atoms with Gasteiger partial charge in [0.15, 0.2) is 0 Å². The van der Waals surface area contributed by atoms with E-state index in [1.54, 1.807) is 7.11 Å². The molecule has 5 heteroatoms. The number of aliphatic hydroxyl groups is 1. The third kappa shape index (κ3) is 2.96. The lowest BCUT2D eigenvalue weighted by Crippen LogP contribution is -2.19. The quantitative estimate of drug-likeness (QED) is 0.769. The fourth-order valence-corrected chi connectivity index (χ4v) is 3.44. The molecule has 0 bridgehead atoms. The van der Waals surface area contributed by atoms with Gasteiger partial charge in [-0.2, -0.15) is 0 Å². The van der Waals surface area contributed by atoms with Crippen molar-refractivity contribution in [3.05, 3.63) is 56.5 Å². The molecule has 0 fully saturated rings. The minimum absolute atomic E-state index is 0.170. The predicted octanol–water partition coefficient (Wildman–Crippen LogP) is 4.78. The lowest BCUT2D eigenvalue weighted by molar-refractivity contribution is 0.0656. The first kappa shape index (κ1) is 14.9. The summed E-state index contributed by atoms with van der Waals surface area (Å²) in [5, 5.41) is 10.4. The molecular weight excluding hydrogens is 400 g/mol. The van der Waals surface area contributed by atoms with E-state index in [2.05, 4.69) is 31.9 Å². The van der Waals surface area contributed by atoms with E-state index in [1.165, 1.54) is 0 Å². The molecule has 0 saturated carbocycles. The molecule has 3 rings (SSSR count). The lowest BCUT2D eigenvalue weighted by Gasteiger charge is -2.30. The van der Waals surface area contributed by atoms with Crippen LogP contribution in [-0.4, -0.2) is 12.2 Å². The smallest absolute Gasteiger partial charge is 0.133 e. The molecule has 2 atom stereocenters. The third-order valence-corrected chi connectivity index (χ3v) is 4.70. The van der Waals surface area contributed by atoms with Gasteiger partial charge in [-0.15, -0.1) is 0 Å². The molecule has 1 unspecified atom stereocenters. The van der Waals surface area contributed by atoms with Gasteiger partial charge in [-0.25, -0.2) is 0 Å². The van der Waals surface area contributed by atoms with Gasteiger partial charge in [0.05, 0.1) is 17.7 Å². The van der Waals surface area contributed by atoms with Gasteiger partial charge in [0.1, 0.15) is 17.6 Å². The van der Waals surface area contributed by atoms with E-state index in [-0.39, 0.29) is 6.10 Å². The number of fused-ring (bicyclic) bond motifs is 1. The van der Waals surface area contributed by atoms with Crippen LogP contribution in [0.5, 0.6) is 11.5 Å². The minimum Gasteiger partial charge on any atom is -0.496 e. The number of benzene rings is 2. The van der Waals surface area contributed by atoms with Crippen LogP contribution in [0, 0.1) is 0 Å². The standard InChI is InChI=1S/C16H14Br2O3/c1-20-15-4-2-9(6-12(15)18)16-8-13(19)11-7-10(17)3-5-14(11)21-16/h2-7,13,16,19H,8H2,1H3/t13-,16?/m1/s1. The molecule has 1 heterocycles. The Morgan fingerprint density at radius 3 is 2.71 bits per heavy atom. The van der Waals surface area contributed by atoms with Crippen molar-refractivity contribution in [1.82, 2.24) is 0 Å². The predicted molar refractivity (Wildman–Crippen MR) is 87.8 cm³/mol. The molecular formula is C16H14Br2O3. The molecule has 0 radical (unpaired) electrons. The SMILES string of the molecule is COc1ccc(C2C[C@@H](O)c3cc(Br)ccc3O2)cc1Br. The number of hydrogen-bond donors (Lipinski definition) is 1. The molecule has 0 aliphatic carbocycles. The normalized spacial score (nSPS) is 20.6. The van der Waals surface area contributed by atoms with Crippen LogP contribution in [0.1, 0.15) is 29.8 Å². The Labute approximate surface area is 140 Å². The molecule has 2 aromatic rings. The van der Waals surface area contributed by atoms with Gasteiger partial charge in [-0.05, 0) is 51.8 Å². The van der Waals surface area contributed by atoms with Crippen molar-refractivity contribution in [2.24, 2.45) is 0 Å². The molecule has 0 saturated heterocycles. The average molecular weight is 414 g/mol. The molecule has 0 spiro atoms. The molecule has 1 N–H and O–H groups in total. The van der Waals surface area contributed by atoms with Crippen molar-refractivity contribution in [3.8, 4) is 11.5 Å². The summed E-state index contributed by atoms with van der Waals surface area (Å²) in [6.45, 7) is 0. The Morgan fingerprint density at radius 2 is 2.00 bits per heavy atom. The highest BCUT2D eigenvalue weighted by Crippen LogP contribution is 2.42. The van der Waals surface area contributed by atoms with Gasteiger partial charge in [0.2, 0.25) is 0 Å². The van der Waals surface area contributed by atoms with Crippen LogP contribution in [0.4, 0.5) is 0 Å². The second-order valence-electron chi connectivity index (χ2n) is 4.93. The van der Waals surface area contributed by atoms with E-state index >= 15 is 0 Å². The summed E-state index contributed by atoms with van der Waals surface area (Å²) in [4.78, 5) is 0. The van der Waals surface area contributed by atoms with Crippen LogP contribution in [-0.2, 0) is 0 Å². The highest BCUT2D eigenvalue weighted by Gasteiger charge is 2.28. The van der Waals surface area contributed by atoms with Crippen LogP contribution in [0.25, 0.3) is 0 Å². The zero-order valence-corrected chi connectivity index (χ0v) is 14.5. The van der Waals surface area contributed by atoms with Gasteiger partial charge in [0.25, 0.3) is 0 Å². The summed E-state index contributed by atoms with van der Waals surface area (Å²) < 4.78 is 13.1. The highest BCUT2D eigenvalue weighted by atomic mass is 79.9. The maximum Gasteiger partial charge on any atom is 0.133 e. The van der Waals surface area contributed by atoms with Crippen LogP contribution < -0.4 is 9.47 Å². The van der Waals surface area contributed by atoms with Crippen molar-refractivity contribution in [3.63, 3.8) is 0 Å². The van der Waals surface area contributed by atoms with Crippen molar-refractivity contribution in [2.75, 3.05) is 7.11 Å². The first-order valence-electron chi connectivity index (χ1n) is 6.56. The summed E-state index contributed by atoms with van der Waals surface area (Å²) in [5.74, 6) is 1.51. The molecule has 110 valence electrons. The van der Waals surface area contributed by atoms with Gasteiger partial charge in [-0.3, -0.25) is 0 Å². The number of rotatable bonds is 2. The van der Waals surface area contributed by atoms with E-state index < -0.39 is 6.10 Å². The fourth-order valence-electron chi connectivity index (χ4n) is 2.51. The van der Waals surface area contributed by atoms with E-state index in [4.69, 9.17) is 9.47 Å². The fraction of sp³-hybridized carbons (Fsp3) is 0.250. The highest BCUT2D eigenvalue weighted by molar-refractivity contribution is 9.10. The Balaban J connectivity index is 1.92. The zero-order valence-electron chi connectivity index (χ0n) is 11.3. The number of aliphatic hydroxyl groups excluding tert-OH is 1. The van der Waals surface area contributed by atoms with Gasteiger partial charge in [-0.1, -0.05) is 22.0 Å². The van der Waals surface area contributed by atoms with Crippen LogP contribution in [0.15, 0.2) is 45.3 Å². The largest absolute Gasteiger partial charge is 0.496 e. The number of hydrogen-bond acceptors (Lipinski definition) is 3. The zero-order chi connectivity index (χ0) is 15.0. The Morgan fingerprint density at radius 1 is 1.19 bits per heavy atom. The molecule has 1 aliphatic heterocycles. The van der Waals surface area contributed by atoms with E-state index in [0.29, 0.717) is 6.42 Å². The Hall–Kier alpha value is -1.04. The second kappa shape index (κ2) is 5.99. The topological polar surface area (TPSA) is 38.7 Å². The number of methoxy groups -OCH3 is 1. The van der Waals surface area contributed by atoms with Crippen LogP contribution >= 0.6 is 31.9 Å². The van der Waals surface area contributed by atoms with Crippen molar-refractivity contribution >= 4 is 31.9 Å². The van der Waals surface area contributed by atoms with Crippen molar-refractivity contribution in [2.45, 2.75) is 18.6 Å². The van der Waals surface area contributed by atoms with E-state index in [9.17, 15) is 5.11 Å². The average Bonchev–Trinajstić information content (AvgIpc) is 2.47. The van der Waals surface area contributed by atoms with Gasteiger partial charge in [0, 0.05) is 16.5 Å². The lowest BCUT2D eigenvalue weighted by atomic mass is 9.95. The summed E-state index contributed by atoms with van der Waals surface area (Å²) in [7, 11) is 1.63. The summed E-state index contributed by atoms with van der Waals surface area (Å²) in [6, 6.07) is 11.5. The monoisotopic (exact) mass is 412 g/mol. The van der Waals surface area contributed by atoms with Crippen molar-refractivity contribution < 1.29 is 14.6 Å².